The van der Waals surface area contributed by atoms with Gasteiger partial charge >= 0.3 is 11.9 Å². The van der Waals surface area contributed by atoms with E-state index in [1.54, 1.807) is 32.4 Å². The zero-order chi connectivity index (χ0) is 22.7. The fraction of sp³-hybridized carbons (Fsp3) is 0.560. The zero-order valence-electron chi connectivity index (χ0n) is 18.5. The molecular formula is C25H26O7. The average Bonchev–Trinajstić information content (AvgIpc) is 3.23. The summed E-state index contributed by atoms with van der Waals surface area (Å²) >= 11 is 0. The van der Waals surface area contributed by atoms with Gasteiger partial charge in [0, 0.05) is 22.5 Å². The van der Waals surface area contributed by atoms with Gasteiger partial charge in [-0.2, -0.15) is 0 Å². The number of furan rings is 1. The summed E-state index contributed by atoms with van der Waals surface area (Å²) in [5, 5.41) is 0. The molecule has 1 saturated carbocycles. The number of esters is 2. The maximum absolute atomic E-state index is 13.4. The van der Waals surface area contributed by atoms with Gasteiger partial charge in [0.25, 0.3) is 0 Å². The van der Waals surface area contributed by atoms with Crippen LogP contribution in [0.15, 0.2) is 46.8 Å². The van der Waals surface area contributed by atoms with Crippen LogP contribution < -0.4 is 0 Å². The van der Waals surface area contributed by atoms with E-state index >= 15 is 0 Å². The highest BCUT2D eigenvalue weighted by Gasteiger charge is 2.80. The van der Waals surface area contributed by atoms with Crippen molar-refractivity contribution in [3.8, 4) is 0 Å². The van der Waals surface area contributed by atoms with E-state index in [1.807, 2.05) is 19.1 Å². The summed E-state index contributed by atoms with van der Waals surface area (Å²) in [6.45, 7) is 7.70. The highest BCUT2D eigenvalue weighted by atomic mass is 16.7. The first-order valence-electron chi connectivity index (χ1n) is 11.1. The van der Waals surface area contributed by atoms with E-state index in [9.17, 15) is 14.4 Å². The van der Waals surface area contributed by atoms with E-state index in [1.165, 1.54) is 6.08 Å². The largest absolute Gasteiger partial charge is 0.472 e. The standard InChI is InChI=1S/C25H26O7/c1-22(2)25-20(32-25)16(26)11-14-15(24(25,4)9-6-17(27)31-22)5-8-23(3)18(14)21(28)30-19(23)13-7-10-29-12-13/h6-7,9-12,15,18-20H,5,8H2,1-4H3/t15-,18-,19+,20+,23-,24+,25-/m1/s1. The number of epoxide rings is 1. The summed E-state index contributed by atoms with van der Waals surface area (Å²) in [4.78, 5) is 39.0. The van der Waals surface area contributed by atoms with E-state index in [-0.39, 0.29) is 17.7 Å². The maximum Gasteiger partial charge on any atom is 0.331 e. The fourth-order valence-electron chi connectivity index (χ4n) is 7.32. The summed E-state index contributed by atoms with van der Waals surface area (Å²) < 4.78 is 23.0. The number of rotatable bonds is 1. The zero-order valence-corrected chi connectivity index (χ0v) is 18.5. The van der Waals surface area contributed by atoms with E-state index in [0.29, 0.717) is 0 Å². The molecule has 0 N–H and O–H groups in total. The van der Waals surface area contributed by atoms with Crippen LogP contribution in [0.4, 0.5) is 0 Å². The lowest BCUT2D eigenvalue weighted by atomic mass is 9.51. The molecule has 7 nitrogen and oxygen atoms in total. The highest BCUT2D eigenvalue weighted by Crippen LogP contribution is 2.70. The van der Waals surface area contributed by atoms with Crippen LogP contribution >= 0.6 is 0 Å². The normalized spacial score (nSPS) is 45.9. The van der Waals surface area contributed by atoms with Crippen LogP contribution in [0.3, 0.4) is 0 Å². The lowest BCUT2D eigenvalue weighted by Crippen LogP contribution is -2.57. The van der Waals surface area contributed by atoms with Crippen LogP contribution in [-0.2, 0) is 28.6 Å². The molecule has 0 unspecified atom stereocenters. The first-order valence-corrected chi connectivity index (χ1v) is 11.1. The highest BCUT2D eigenvalue weighted by molar-refractivity contribution is 6.00. The molecule has 0 bridgehead atoms. The number of ether oxygens (including phenoxy) is 3. The molecular weight excluding hydrogens is 412 g/mol. The lowest BCUT2D eigenvalue weighted by Gasteiger charge is -2.50. The smallest absolute Gasteiger partial charge is 0.331 e. The van der Waals surface area contributed by atoms with Crippen molar-refractivity contribution in [2.75, 3.05) is 0 Å². The summed E-state index contributed by atoms with van der Waals surface area (Å²) in [7, 11) is 0. The number of carbonyl (C=O) groups is 3. The monoisotopic (exact) mass is 438 g/mol. The van der Waals surface area contributed by atoms with Crippen LogP contribution in [0.1, 0.15) is 52.2 Å². The molecule has 168 valence electrons. The van der Waals surface area contributed by atoms with Crippen LogP contribution in [-0.4, -0.2) is 35.0 Å². The van der Waals surface area contributed by atoms with Gasteiger partial charge in [-0.1, -0.05) is 19.9 Å². The Balaban J connectivity index is 1.51. The van der Waals surface area contributed by atoms with Gasteiger partial charge in [0.05, 0.1) is 18.4 Å². The topological polar surface area (TPSA) is 95.3 Å². The Morgan fingerprint density at radius 1 is 1.06 bits per heavy atom. The molecule has 0 radical (unpaired) electrons. The number of hydrogen-bond donors (Lipinski definition) is 0. The quantitative estimate of drug-likeness (QED) is 0.489. The van der Waals surface area contributed by atoms with Crippen molar-refractivity contribution in [1.82, 2.24) is 0 Å². The third-order valence-corrected chi connectivity index (χ3v) is 8.80. The third-order valence-electron chi connectivity index (χ3n) is 8.80. The van der Waals surface area contributed by atoms with E-state index in [4.69, 9.17) is 18.6 Å². The first kappa shape index (κ1) is 20.0. The van der Waals surface area contributed by atoms with Crippen molar-refractivity contribution >= 4 is 17.7 Å². The molecule has 5 aliphatic rings. The molecule has 2 saturated heterocycles. The Kier molecular flexibility index (Phi) is 3.63. The second-order valence-corrected chi connectivity index (χ2v) is 10.7. The molecule has 32 heavy (non-hydrogen) atoms. The van der Waals surface area contributed by atoms with Crippen molar-refractivity contribution in [3.63, 3.8) is 0 Å². The minimum absolute atomic E-state index is 0.169. The van der Waals surface area contributed by atoms with Gasteiger partial charge in [-0.3, -0.25) is 9.59 Å². The van der Waals surface area contributed by atoms with Gasteiger partial charge in [0.2, 0.25) is 0 Å². The minimum atomic E-state index is -1.01. The second-order valence-electron chi connectivity index (χ2n) is 10.7. The minimum Gasteiger partial charge on any atom is -0.472 e. The molecule has 1 spiro atoms. The number of carbonyl (C=O) groups excluding carboxylic acids is 3. The number of cyclic esters (lactones) is 2. The van der Waals surface area contributed by atoms with Crippen LogP contribution in [0.2, 0.25) is 0 Å². The molecule has 0 amide bonds. The lowest BCUT2D eigenvalue weighted by molar-refractivity contribution is -0.162. The molecule has 2 aliphatic carbocycles. The molecule has 3 fully saturated rings. The van der Waals surface area contributed by atoms with Gasteiger partial charge in [-0.05, 0) is 50.3 Å². The Bertz CT molecular complexity index is 1110. The molecule has 1 aromatic rings. The summed E-state index contributed by atoms with van der Waals surface area (Å²) in [5.41, 5.74) is -1.59. The first-order chi connectivity index (χ1) is 15.1. The summed E-state index contributed by atoms with van der Waals surface area (Å²) in [6.07, 6.45) is 8.39. The van der Waals surface area contributed by atoms with Crippen molar-refractivity contribution in [3.05, 3.63) is 48.0 Å². The van der Waals surface area contributed by atoms with Gasteiger partial charge < -0.3 is 18.6 Å². The fourth-order valence-corrected chi connectivity index (χ4v) is 7.32. The number of ketones is 1. The van der Waals surface area contributed by atoms with E-state index in [0.717, 1.165) is 24.0 Å². The van der Waals surface area contributed by atoms with Crippen molar-refractivity contribution in [1.29, 1.82) is 0 Å². The number of hydrogen-bond acceptors (Lipinski definition) is 7. The van der Waals surface area contributed by atoms with Crippen molar-refractivity contribution < 1.29 is 33.0 Å². The molecule has 0 aromatic carbocycles. The molecule has 7 atom stereocenters. The van der Waals surface area contributed by atoms with Gasteiger partial charge in [0.1, 0.15) is 11.7 Å². The van der Waals surface area contributed by atoms with Crippen LogP contribution in [0.25, 0.3) is 0 Å². The third kappa shape index (κ3) is 2.13. The summed E-state index contributed by atoms with van der Waals surface area (Å²) in [5.74, 6) is -1.67. The van der Waals surface area contributed by atoms with Gasteiger partial charge in [-0.15, -0.1) is 0 Å². The van der Waals surface area contributed by atoms with Gasteiger partial charge in [0.15, 0.2) is 17.5 Å². The Morgan fingerprint density at radius 3 is 2.56 bits per heavy atom. The number of fused-ring (bicyclic) bond motifs is 4. The predicted octanol–water partition coefficient (Wildman–Crippen LogP) is 3.45. The summed E-state index contributed by atoms with van der Waals surface area (Å²) in [6, 6.07) is 1.82. The van der Waals surface area contributed by atoms with Crippen molar-refractivity contribution in [2.24, 2.45) is 22.7 Å². The predicted molar refractivity (Wildman–Crippen MR) is 110 cm³/mol. The SMILES string of the molecule is CC1(C)OC(=O)C=C[C@@]2(C)[C@@H]3CC[C@]4(C)[C@@H](C(=O)O[C@H]4c4ccoc4)C3=CC(=O)[C@@H]3O[C@]312. The van der Waals surface area contributed by atoms with Crippen LogP contribution in [0.5, 0.6) is 0 Å². The maximum atomic E-state index is 13.4. The van der Waals surface area contributed by atoms with E-state index < -0.39 is 46.1 Å². The molecule has 6 rings (SSSR count). The Hall–Kier alpha value is -2.67. The van der Waals surface area contributed by atoms with Crippen LogP contribution in [0, 0.1) is 22.7 Å². The van der Waals surface area contributed by atoms with Crippen molar-refractivity contribution in [2.45, 2.75) is 63.9 Å². The molecule has 4 heterocycles. The molecule has 1 aromatic heterocycles. The molecule has 3 aliphatic heterocycles. The molecule has 7 heteroatoms. The Morgan fingerprint density at radius 2 is 1.84 bits per heavy atom. The van der Waals surface area contributed by atoms with Gasteiger partial charge in [-0.25, -0.2) is 4.79 Å². The Labute approximate surface area is 185 Å². The average molecular weight is 438 g/mol. The second kappa shape index (κ2) is 5.81. The van der Waals surface area contributed by atoms with E-state index in [2.05, 4.69) is 6.92 Å².